The van der Waals surface area contributed by atoms with Crippen LogP contribution in [0.3, 0.4) is 0 Å². The van der Waals surface area contributed by atoms with Crippen LogP contribution in [0, 0.1) is 0 Å². The minimum absolute atomic E-state index is 0.149. The number of nitrogens with one attached hydrogen (secondary N) is 1. The van der Waals surface area contributed by atoms with E-state index >= 15 is 0 Å². The summed E-state index contributed by atoms with van der Waals surface area (Å²) in [4.78, 5) is 0. The maximum absolute atomic E-state index is 5.99. The SMILES string of the molecule is CNC(COC(C)C)c1cc(Cl)ccc1Br. The number of ether oxygens (including phenoxy) is 1. The molecule has 0 saturated heterocycles. The number of likely N-dealkylation sites (N-methyl/N-ethyl adjacent to an activating group) is 1. The fourth-order valence-corrected chi connectivity index (χ4v) is 2.10. The molecule has 0 bridgehead atoms. The Morgan fingerprint density at radius 2 is 2.12 bits per heavy atom. The molecule has 0 aliphatic heterocycles. The molecular weight excluding hydrogens is 289 g/mol. The van der Waals surface area contributed by atoms with E-state index in [1.165, 1.54) is 0 Å². The molecule has 1 aromatic rings. The van der Waals surface area contributed by atoms with Crippen LogP contribution < -0.4 is 5.32 Å². The normalized spacial score (nSPS) is 13.1. The Labute approximate surface area is 110 Å². The summed E-state index contributed by atoms with van der Waals surface area (Å²) in [6.07, 6.45) is 0.230. The van der Waals surface area contributed by atoms with Gasteiger partial charge >= 0.3 is 0 Å². The van der Waals surface area contributed by atoms with Crippen molar-refractivity contribution in [2.24, 2.45) is 0 Å². The topological polar surface area (TPSA) is 21.3 Å². The van der Waals surface area contributed by atoms with E-state index in [0.717, 1.165) is 15.1 Å². The Bertz CT molecular complexity index is 344. The third-order valence-corrected chi connectivity index (χ3v) is 3.24. The van der Waals surface area contributed by atoms with E-state index in [1.807, 2.05) is 39.1 Å². The van der Waals surface area contributed by atoms with Crippen molar-refractivity contribution >= 4 is 27.5 Å². The highest BCUT2D eigenvalue weighted by atomic mass is 79.9. The van der Waals surface area contributed by atoms with Gasteiger partial charge in [0.2, 0.25) is 0 Å². The molecule has 0 aliphatic rings. The Kier molecular flexibility index (Phi) is 5.76. The van der Waals surface area contributed by atoms with Gasteiger partial charge in [-0.15, -0.1) is 0 Å². The van der Waals surface area contributed by atoms with Gasteiger partial charge in [0.15, 0.2) is 0 Å². The van der Waals surface area contributed by atoms with Gasteiger partial charge < -0.3 is 10.1 Å². The Balaban J connectivity index is 2.81. The van der Waals surface area contributed by atoms with Crippen molar-refractivity contribution in [1.82, 2.24) is 5.32 Å². The second-order valence-corrected chi connectivity index (χ2v) is 5.18. The third kappa shape index (κ3) is 4.06. The van der Waals surface area contributed by atoms with Crippen LogP contribution in [0.5, 0.6) is 0 Å². The van der Waals surface area contributed by atoms with E-state index in [0.29, 0.717) is 6.61 Å². The summed E-state index contributed by atoms with van der Waals surface area (Å²) in [6.45, 7) is 4.69. The molecule has 1 unspecified atom stereocenters. The molecule has 4 heteroatoms. The van der Waals surface area contributed by atoms with Crippen molar-refractivity contribution in [2.75, 3.05) is 13.7 Å². The van der Waals surface area contributed by atoms with Gasteiger partial charge in [0.05, 0.1) is 18.8 Å². The Morgan fingerprint density at radius 1 is 1.44 bits per heavy atom. The molecule has 90 valence electrons. The van der Waals surface area contributed by atoms with Crippen molar-refractivity contribution in [3.63, 3.8) is 0 Å². The second-order valence-electron chi connectivity index (χ2n) is 3.89. The summed E-state index contributed by atoms with van der Waals surface area (Å²) in [7, 11) is 1.92. The maximum atomic E-state index is 5.99. The molecule has 1 aromatic carbocycles. The highest BCUT2D eigenvalue weighted by Crippen LogP contribution is 2.27. The number of hydrogen-bond acceptors (Lipinski definition) is 2. The fourth-order valence-electron chi connectivity index (χ4n) is 1.40. The van der Waals surface area contributed by atoms with Gasteiger partial charge in [-0.25, -0.2) is 0 Å². The van der Waals surface area contributed by atoms with Crippen LogP contribution in [0.4, 0.5) is 0 Å². The lowest BCUT2D eigenvalue weighted by atomic mass is 10.1. The summed E-state index contributed by atoms with van der Waals surface area (Å²) in [5.74, 6) is 0. The van der Waals surface area contributed by atoms with Crippen molar-refractivity contribution in [3.8, 4) is 0 Å². The first-order valence-electron chi connectivity index (χ1n) is 5.28. The zero-order valence-corrected chi connectivity index (χ0v) is 12.1. The van der Waals surface area contributed by atoms with Crippen LogP contribution in [0.25, 0.3) is 0 Å². The van der Waals surface area contributed by atoms with Crippen LogP contribution in [0.2, 0.25) is 5.02 Å². The number of halogens is 2. The summed E-state index contributed by atoms with van der Waals surface area (Å²) in [5, 5.41) is 3.97. The molecule has 0 heterocycles. The van der Waals surface area contributed by atoms with E-state index in [-0.39, 0.29) is 12.1 Å². The summed E-state index contributed by atoms with van der Waals surface area (Å²) < 4.78 is 6.66. The van der Waals surface area contributed by atoms with Crippen LogP contribution in [-0.4, -0.2) is 19.8 Å². The molecule has 0 aliphatic carbocycles. The first kappa shape index (κ1) is 14.0. The molecule has 1 rings (SSSR count). The smallest absolute Gasteiger partial charge is 0.0665 e. The van der Waals surface area contributed by atoms with Gasteiger partial charge in [-0.05, 0) is 44.7 Å². The van der Waals surface area contributed by atoms with Crippen molar-refractivity contribution in [2.45, 2.75) is 26.0 Å². The van der Waals surface area contributed by atoms with Crippen LogP contribution in [-0.2, 0) is 4.74 Å². The highest BCUT2D eigenvalue weighted by molar-refractivity contribution is 9.10. The first-order chi connectivity index (χ1) is 7.54. The average Bonchev–Trinajstić information content (AvgIpc) is 2.23. The van der Waals surface area contributed by atoms with Crippen LogP contribution in [0.15, 0.2) is 22.7 Å². The van der Waals surface area contributed by atoms with Gasteiger partial charge in [-0.2, -0.15) is 0 Å². The molecule has 0 spiro atoms. The van der Waals surface area contributed by atoms with E-state index in [1.54, 1.807) is 0 Å². The standard InChI is InChI=1S/C12H17BrClNO/c1-8(2)16-7-12(15-3)10-6-9(14)4-5-11(10)13/h4-6,8,12,15H,7H2,1-3H3. The predicted octanol–water partition coefficient (Wildman–Crippen LogP) is 3.79. The number of rotatable bonds is 5. The van der Waals surface area contributed by atoms with Crippen LogP contribution in [0.1, 0.15) is 25.5 Å². The zero-order chi connectivity index (χ0) is 12.1. The fraction of sp³-hybridized carbons (Fsp3) is 0.500. The minimum atomic E-state index is 0.149. The van der Waals surface area contributed by atoms with Gasteiger partial charge in [0.1, 0.15) is 0 Å². The van der Waals surface area contributed by atoms with Crippen molar-refractivity contribution in [3.05, 3.63) is 33.3 Å². The molecule has 1 N–H and O–H groups in total. The molecular formula is C12H17BrClNO. The summed E-state index contributed by atoms with van der Waals surface area (Å²) in [5.41, 5.74) is 1.12. The quantitative estimate of drug-likeness (QED) is 0.893. The summed E-state index contributed by atoms with van der Waals surface area (Å²) in [6, 6.07) is 5.93. The lowest BCUT2D eigenvalue weighted by Crippen LogP contribution is -2.23. The van der Waals surface area contributed by atoms with E-state index in [9.17, 15) is 0 Å². The lowest BCUT2D eigenvalue weighted by molar-refractivity contribution is 0.0625. The zero-order valence-electron chi connectivity index (χ0n) is 9.76. The second kappa shape index (κ2) is 6.60. The molecule has 0 aromatic heterocycles. The molecule has 0 radical (unpaired) electrons. The minimum Gasteiger partial charge on any atom is -0.377 e. The van der Waals surface area contributed by atoms with Gasteiger partial charge in [0, 0.05) is 9.50 Å². The maximum Gasteiger partial charge on any atom is 0.0665 e. The predicted molar refractivity (Wildman–Crippen MR) is 72.0 cm³/mol. The molecule has 0 amide bonds. The lowest BCUT2D eigenvalue weighted by Gasteiger charge is -2.20. The molecule has 0 saturated carbocycles. The molecule has 1 atom stereocenters. The Hall–Kier alpha value is -0.0900. The monoisotopic (exact) mass is 305 g/mol. The Morgan fingerprint density at radius 3 is 2.69 bits per heavy atom. The van der Waals surface area contributed by atoms with Gasteiger partial charge in [-0.1, -0.05) is 27.5 Å². The summed E-state index contributed by atoms with van der Waals surface area (Å²) >= 11 is 9.52. The molecule has 0 fully saturated rings. The van der Waals surface area contributed by atoms with E-state index in [2.05, 4.69) is 21.2 Å². The molecule has 16 heavy (non-hydrogen) atoms. The van der Waals surface area contributed by atoms with Crippen molar-refractivity contribution in [1.29, 1.82) is 0 Å². The average molecular weight is 307 g/mol. The third-order valence-electron chi connectivity index (χ3n) is 2.28. The van der Waals surface area contributed by atoms with E-state index < -0.39 is 0 Å². The van der Waals surface area contributed by atoms with Gasteiger partial charge in [-0.3, -0.25) is 0 Å². The van der Waals surface area contributed by atoms with E-state index in [4.69, 9.17) is 16.3 Å². The number of hydrogen-bond donors (Lipinski definition) is 1. The van der Waals surface area contributed by atoms with Crippen molar-refractivity contribution < 1.29 is 4.74 Å². The van der Waals surface area contributed by atoms with Gasteiger partial charge in [0.25, 0.3) is 0 Å². The first-order valence-corrected chi connectivity index (χ1v) is 6.45. The largest absolute Gasteiger partial charge is 0.377 e. The van der Waals surface area contributed by atoms with Crippen LogP contribution >= 0.6 is 27.5 Å². The highest BCUT2D eigenvalue weighted by Gasteiger charge is 2.13. The number of benzene rings is 1. The molecule has 2 nitrogen and oxygen atoms in total.